The second-order valence-electron chi connectivity index (χ2n) is 14.3. The molecule has 40 heavy (non-hydrogen) atoms. The van der Waals surface area contributed by atoms with Crippen LogP contribution in [0.2, 0.25) is 0 Å². The van der Waals surface area contributed by atoms with E-state index in [9.17, 15) is 19.8 Å². The molecule has 0 aromatic carbocycles. The van der Waals surface area contributed by atoms with Gasteiger partial charge in [-0.3, -0.25) is 4.79 Å². The number of carbonyl (C=O) groups excluding carboxylic acids is 2. The summed E-state index contributed by atoms with van der Waals surface area (Å²) in [6.07, 6.45) is 6.38. The molecule has 4 saturated heterocycles. The predicted octanol–water partition coefficient (Wildman–Crippen LogP) is 2.01. The fourth-order valence-corrected chi connectivity index (χ4v) is 11.2. The quantitative estimate of drug-likeness (QED) is 0.299. The van der Waals surface area contributed by atoms with Crippen LogP contribution in [0.5, 0.6) is 0 Å². The summed E-state index contributed by atoms with van der Waals surface area (Å²) in [5.74, 6) is -0.367. The minimum atomic E-state index is -1.20. The van der Waals surface area contributed by atoms with E-state index in [0.717, 1.165) is 32.0 Å². The zero-order valence-electron chi connectivity index (χ0n) is 23.3. The summed E-state index contributed by atoms with van der Waals surface area (Å²) in [6.45, 7) is 2.93. The van der Waals surface area contributed by atoms with Gasteiger partial charge in [0.15, 0.2) is 6.29 Å². The van der Waals surface area contributed by atoms with Crippen LogP contribution in [0.3, 0.4) is 0 Å². The number of aliphatic hydroxyl groups is 2. The fraction of sp³-hybridized carbons (Fsp3) is 0.933. The van der Waals surface area contributed by atoms with E-state index in [0.29, 0.717) is 45.1 Å². The van der Waals surface area contributed by atoms with Crippen LogP contribution in [0, 0.1) is 28.6 Å². The molecule has 222 valence electrons. The van der Waals surface area contributed by atoms with Gasteiger partial charge in [-0.2, -0.15) is 0 Å². The molecule has 4 saturated carbocycles. The third-order valence-electron chi connectivity index (χ3n) is 13.0. The van der Waals surface area contributed by atoms with Gasteiger partial charge in [0.2, 0.25) is 0 Å². The molecule has 0 radical (unpaired) electrons. The summed E-state index contributed by atoms with van der Waals surface area (Å²) in [5.41, 5.74) is -4.18. The summed E-state index contributed by atoms with van der Waals surface area (Å²) in [7, 11) is 0. The van der Waals surface area contributed by atoms with Gasteiger partial charge in [-0.1, -0.05) is 0 Å². The van der Waals surface area contributed by atoms with E-state index in [1.165, 1.54) is 0 Å². The molecule has 0 amide bonds. The predicted molar refractivity (Wildman–Crippen MR) is 136 cm³/mol. The molecule has 4 aliphatic heterocycles. The Labute approximate surface area is 234 Å². The van der Waals surface area contributed by atoms with Crippen molar-refractivity contribution in [2.75, 3.05) is 20.0 Å². The van der Waals surface area contributed by atoms with Gasteiger partial charge < -0.3 is 43.4 Å². The zero-order valence-corrected chi connectivity index (χ0v) is 23.3. The molecule has 0 aromatic rings. The molecule has 8 rings (SSSR count). The summed E-state index contributed by atoms with van der Waals surface area (Å²) in [5, 5.41) is 24.8. The number of cyclic esters (lactones) is 1. The van der Waals surface area contributed by atoms with E-state index in [-0.39, 0.29) is 68.0 Å². The molecule has 4 aliphatic carbocycles. The largest absolute Gasteiger partial charge is 0.462 e. The number of hydrogen-bond donors (Lipinski definition) is 2. The molecule has 8 fully saturated rings. The van der Waals surface area contributed by atoms with Gasteiger partial charge in [-0.25, -0.2) is 0 Å². The summed E-state index contributed by atoms with van der Waals surface area (Å²) >= 11 is 0. The summed E-state index contributed by atoms with van der Waals surface area (Å²) in [4.78, 5) is 25.2. The molecule has 0 aromatic heterocycles. The lowest BCUT2D eigenvalue weighted by Crippen LogP contribution is -2.69. The van der Waals surface area contributed by atoms with Crippen molar-refractivity contribution in [3.8, 4) is 0 Å². The highest BCUT2D eigenvalue weighted by Crippen LogP contribution is 2.73. The number of aldehydes is 1. The standard InChI is InChI=1S/C30H42O10/c1-17-10-21-24(37-16-36-21)25(39-17)40-18-2-6-26(13-31)19-3-7-27-14-38-28(12-23(32)35-15-28)22(27)5-9-30(27,34)20(19)4-8-29(26,33)11-18/h13,17-22,24-25,33-34H,2-12,14-16H2,1H3. The molecule has 0 bridgehead atoms. The second-order valence-corrected chi connectivity index (χ2v) is 14.3. The zero-order chi connectivity index (χ0) is 27.5. The maximum absolute atomic E-state index is 13.1. The fourth-order valence-electron chi connectivity index (χ4n) is 11.2. The average molecular weight is 563 g/mol. The number of rotatable bonds is 3. The van der Waals surface area contributed by atoms with Crippen molar-refractivity contribution in [1.29, 1.82) is 0 Å². The van der Waals surface area contributed by atoms with Gasteiger partial charge in [0.05, 0.1) is 48.0 Å². The van der Waals surface area contributed by atoms with Gasteiger partial charge in [-0.15, -0.1) is 0 Å². The molecule has 2 N–H and O–H groups in total. The molecular weight excluding hydrogens is 520 g/mol. The van der Waals surface area contributed by atoms with Crippen molar-refractivity contribution >= 4 is 12.3 Å². The molecule has 4 heterocycles. The molecule has 13 unspecified atom stereocenters. The number of carbonyl (C=O) groups is 2. The summed E-state index contributed by atoms with van der Waals surface area (Å²) in [6, 6.07) is 0. The van der Waals surface area contributed by atoms with Crippen molar-refractivity contribution < 1.29 is 48.2 Å². The Morgan fingerprint density at radius 1 is 1.00 bits per heavy atom. The van der Waals surface area contributed by atoms with Crippen molar-refractivity contribution in [1.82, 2.24) is 0 Å². The lowest BCUT2D eigenvalue weighted by molar-refractivity contribution is -0.288. The average Bonchev–Trinajstić information content (AvgIpc) is 3.68. The van der Waals surface area contributed by atoms with Gasteiger partial charge in [-0.05, 0) is 70.1 Å². The van der Waals surface area contributed by atoms with Crippen LogP contribution in [0.25, 0.3) is 0 Å². The van der Waals surface area contributed by atoms with Gasteiger partial charge in [0.1, 0.15) is 31.4 Å². The SMILES string of the molecule is CC1CC2OCOC2C(OC2CCC3(C=O)C4CCC56COC7(COC(=O)C7)C5CCC6(O)C4CCC3(O)C2)O1. The first-order valence-corrected chi connectivity index (χ1v) is 15.4. The smallest absolute Gasteiger partial charge is 0.308 e. The van der Waals surface area contributed by atoms with Gasteiger partial charge in [0, 0.05) is 24.2 Å². The Balaban J connectivity index is 1.04. The molecule has 8 aliphatic rings. The Morgan fingerprint density at radius 2 is 1.85 bits per heavy atom. The van der Waals surface area contributed by atoms with Crippen LogP contribution in [0.1, 0.15) is 77.6 Å². The number of hydrogen-bond acceptors (Lipinski definition) is 10. The number of ether oxygens (including phenoxy) is 6. The molecule has 13 atom stereocenters. The lowest BCUT2D eigenvalue weighted by Gasteiger charge is -2.65. The lowest BCUT2D eigenvalue weighted by atomic mass is 9.41. The third-order valence-corrected chi connectivity index (χ3v) is 13.0. The monoisotopic (exact) mass is 562 g/mol. The van der Waals surface area contributed by atoms with E-state index < -0.39 is 33.9 Å². The topological polar surface area (TPSA) is 130 Å². The first kappa shape index (κ1) is 26.5. The van der Waals surface area contributed by atoms with Crippen LogP contribution in [0.4, 0.5) is 0 Å². The number of esters is 1. The van der Waals surface area contributed by atoms with Crippen LogP contribution < -0.4 is 0 Å². The van der Waals surface area contributed by atoms with Gasteiger partial charge >= 0.3 is 5.97 Å². The van der Waals surface area contributed by atoms with Crippen LogP contribution in [-0.2, 0) is 38.0 Å². The maximum atomic E-state index is 13.1. The van der Waals surface area contributed by atoms with E-state index in [4.69, 9.17) is 28.4 Å². The van der Waals surface area contributed by atoms with E-state index in [1.807, 2.05) is 6.92 Å². The maximum Gasteiger partial charge on any atom is 0.308 e. The molecule has 2 spiro atoms. The first-order valence-electron chi connectivity index (χ1n) is 15.4. The Bertz CT molecular complexity index is 1080. The van der Waals surface area contributed by atoms with Crippen molar-refractivity contribution in [3.05, 3.63) is 0 Å². The molecular formula is C30H42O10. The van der Waals surface area contributed by atoms with E-state index >= 15 is 0 Å². The normalized spacial score (nSPS) is 58.5. The van der Waals surface area contributed by atoms with Crippen LogP contribution in [0.15, 0.2) is 0 Å². The van der Waals surface area contributed by atoms with Crippen molar-refractivity contribution in [2.45, 2.75) is 125 Å². The second kappa shape index (κ2) is 8.71. The minimum Gasteiger partial charge on any atom is -0.462 e. The number of fused-ring (bicyclic) bond motifs is 6. The Kier molecular flexibility index (Phi) is 5.77. The van der Waals surface area contributed by atoms with E-state index in [1.54, 1.807) is 0 Å². The van der Waals surface area contributed by atoms with E-state index in [2.05, 4.69) is 0 Å². The highest BCUT2D eigenvalue weighted by Gasteiger charge is 2.77. The van der Waals surface area contributed by atoms with Crippen LogP contribution >= 0.6 is 0 Å². The van der Waals surface area contributed by atoms with Gasteiger partial charge in [0.25, 0.3) is 0 Å². The minimum absolute atomic E-state index is 0.0118. The Hall–Kier alpha value is -1.14. The summed E-state index contributed by atoms with van der Waals surface area (Å²) < 4.78 is 35.8. The highest BCUT2D eigenvalue weighted by molar-refractivity contribution is 5.73. The third kappa shape index (κ3) is 3.24. The Morgan fingerprint density at radius 3 is 2.65 bits per heavy atom. The first-order chi connectivity index (χ1) is 19.2. The highest BCUT2D eigenvalue weighted by atomic mass is 16.8. The van der Waals surface area contributed by atoms with Crippen molar-refractivity contribution in [3.63, 3.8) is 0 Å². The molecule has 10 heteroatoms. The van der Waals surface area contributed by atoms with Crippen molar-refractivity contribution in [2.24, 2.45) is 28.6 Å². The van der Waals surface area contributed by atoms with Crippen LogP contribution in [-0.4, -0.2) is 90.0 Å². The molecule has 10 nitrogen and oxygen atoms in total.